The molecule has 2 heterocycles. The number of ether oxygens (including phenoxy) is 1. The van der Waals surface area contributed by atoms with E-state index in [1.165, 1.54) is 12.1 Å². The number of Topliss-reactive ketones (excluding diaryl/α,β-unsaturated/α-hetero) is 1. The van der Waals surface area contributed by atoms with E-state index in [9.17, 15) is 27.2 Å². The molecule has 0 bridgehead atoms. The zero-order chi connectivity index (χ0) is 27.7. The second-order valence-corrected chi connectivity index (χ2v) is 11.0. The lowest BCUT2D eigenvalue weighted by Crippen LogP contribution is -2.13. The molecular formula is C28H26FN3O6S. The van der Waals surface area contributed by atoms with Crippen molar-refractivity contribution < 1.29 is 31.9 Å². The molecule has 1 amide bonds. The normalized spacial score (nSPS) is 15.6. The quantitative estimate of drug-likeness (QED) is 0.280. The van der Waals surface area contributed by atoms with Gasteiger partial charge in [0.25, 0.3) is 15.9 Å². The zero-order valence-electron chi connectivity index (χ0n) is 21.1. The third kappa shape index (κ3) is 5.35. The van der Waals surface area contributed by atoms with Crippen LogP contribution in [0.3, 0.4) is 0 Å². The summed E-state index contributed by atoms with van der Waals surface area (Å²) in [5.41, 5.74) is 4.00. The lowest BCUT2D eigenvalue weighted by atomic mass is 9.91. The lowest BCUT2D eigenvalue weighted by Gasteiger charge is -2.11. The Bertz CT molecular complexity index is 1620. The van der Waals surface area contributed by atoms with E-state index in [0.29, 0.717) is 47.3 Å². The second kappa shape index (κ2) is 10.5. The first-order chi connectivity index (χ1) is 18.7. The molecule has 39 heavy (non-hydrogen) atoms. The molecular weight excluding hydrogens is 525 g/mol. The van der Waals surface area contributed by atoms with Crippen LogP contribution in [0, 0.1) is 5.82 Å². The molecule has 0 atom stereocenters. The molecule has 0 radical (unpaired) electrons. The number of hydrogen-bond acceptors (Lipinski definition) is 6. The largest absolute Gasteiger partial charge is 0.466 e. The highest BCUT2D eigenvalue weighted by atomic mass is 32.2. The summed E-state index contributed by atoms with van der Waals surface area (Å²) < 4.78 is 46.4. The number of aromatic amines is 1. The number of anilines is 2. The maximum Gasteiger partial charge on any atom is 0.306 e. The summed E-state index contributed by atoms with van der Waals surface area (Å²) in [4.78, 5) is 41.0. The maximum absolute atomic E-state index is 13.3. The van der Waals surface area contributed by atoms with Crippen molar-refractivity contribution in [2.45, 2.75) is 43.9 Å². The van der Waals surface area contributed by atoms with Crippen LogP contribution in [0.1, 0.15) is 59.1 Å². The first kappa shape index (κ1) is 26.4. The molecule has 3 N–H and O–H groups in total. The van der Waals surface area contributed by atoms with Crippen LogP contribution in [-0.2, 0) is 37.2 Å². The van der Waals surface area contributed by atoms with E-state index in [-0.39, 0.29) is 47.4 Å². The summed E-state index contributed by atoms with van der Waals surface area (Å²) in [6.07, 6.45) is 3.77. The smallest absolute Gasteiger partial charge is 0.306 e. The summed E-state index contributed by atoms with van der Waals surface area (Å²) in [5.74, 6) is -1.33. The van der Waals surface area contributed by atoms with Crippen LogP contribution in [-0.4, -0.2) is 37.7 Å². The van der Waals surface area contributed by atoms with Crippen LogP contribution in [0.25, 0.3) is 11.6 Å². The molecule has 5 rings (SSSR count). The molecule has 0 unspecified atom stereocenters. The number of esters is 1. The van der Waals surface area contributed by atoms with Gasteiger partial charge in [0.15, 0.2) is 5.78 Å². The minimum atomic E-state index is -4.00. The molecule has 0 saturated carbocycles. The van der Waals surface area contributed by atoms with Gasteiger partial charge in [0.05, 0.1) is 17.1 Å². The van der Waals surface area contributed by atoms with E-state index >= 15 is 0 Å². The van der Waals surface area contributed by atoms with E-state index in [1.54, 1.807) is 19.1 Å². The Morgan fingerprint density at radius 3 is 2.64 bits per heavy atom. The average molecular weight is 552 g/mol. The molecule has 0 saturated heterocycles. The number of aryl methyl sites for hydroxylation is 1. The van der Waals surface area contributed by atoms with E-state index < -0.39 is 21.7 Å². The van der Waals surface area contributed by atoms with Crippen LogP contribution in [0.2, 0.25) is 0 Å². The van der Waals surface area contributed by atoms with Gasteiger partial charge < -0.3 is 15.0 Å². The molecule has 11 heteroatoms. The van der Waals surface area contributed by atoms with Crippen LogP contribution >= 0.6 is 0 Å². The molecule has 2 aromatic carbocycles. The number of rotatable bonds is 8. The number of H-pyrrole nitrogens is 1. The van der Waals surface area contributed by atoms with Crippen molar-refractivity contribution in [2.24, 2.45) is 0 Å². The van der Waals surface area contributed by atoms with Crippen molar-refractivity contribution in [2.75, 3.05) is 16.6 Å². The van der Waals surface area contributed by atoms with Gasteiger partial charge in [-0.05, 0) is 80.3 Å². The molecule has 202 valence electrons. The number of amides is 1. The van der Waals surface area contributed by atoms with Crippen molar-refractivity contribution in [3.8, 4) is 0 Å². The fraction of sp³-hybridized carbons (Fsp3) is 0.250. The van der Waals surface area contributed by atoms with Gasteiger partial charge in [0.1, 0.15) is 5.82 Å². The van der Waals surface area contributed by atoms with Crippen molar-refractivity contribution in [1.29, 1.82) is 0 Å². The number of carbonyl (C=O) groups is 3. The Morgan fingerprint density at radius 1 is 1.13 bits per heavy atom. The van der Waals surface area contributed by atoms with Crippen LogP contribution in [0.5, 0.6) is 0 Å². The average Bonchev–Trinajstić information content (AvgIpc) is 3.40. The fourth-order valence-electron chi connectivity index (χ4n) is 4.90. The molecule has 2 aliphatic rings. The third-order valence-corrected chi connectivity index (χ3v) is 8.07. The Kier molecular flexibility index (Phi) is 7.09. The SMILES string of the molecule is CCOC(=O)CCc1c(C=C2C(=O)Nc3ccc(NS(=O)(=O)c4ccc(F)cc4)cc32)[nH]c2c1C(=O)CCC2. The predicted octanol–water partition coefficient (Wildman–Crippen LogP) is 4.46. The second-order valence-electron chi connectivity index (χ2n) is 9.28. The number of aromatic nitrogens is 1. The lowest BCUT2D eigenvalue weighted by molar-refractivity contribution is -0.143. The van der Waals surface area contributed by atoms with Crippen molar-refractivity contribution >= 4 is 50.7 Å². The number of carbonyl (C=O) groups excluding carboxylic acids is 3. The van der Waals surface area contributed by atoms with Crippen LogP contribution in [0.15, 0.2) is 47.4 Å². The Balaban J connectivity index is 1.51. The third-order valence-electron chi connectivity index (χ3n) is 6.68. The van der Waals surface area contributed by atoms with E-state index in [1.807, 2.05) is 0 Å². The Hall–Kier alpha value is -4.25. The summed E-state index contributed by atoms with van der Waals surface area (Å²) in [6, 6.07) is 9.07. The molecule has 0 fully saturated rings. The standard InChI is InChI=1S/C28H26FN3O6S/c1-2-38-26(34)13-11-19-24(30-23-4-3-5-25(33)27(19)23)15-21-20-14-17(8-12-22(20)31-28(21)35)32-39(36,37)18-9-6-16(29)7-10-18/h6-10,12,14-15,30,32H,2-5,11,13H2,1H3,(H,31,35). The number of hydrogen-bond donors (Lipinski definition) is 3. The highest BCUT2D eigenvalue weighted by molar-refractivity contribution is 7.92. The van der Waals surface area contributed by atoms with Gasteiger partial charge in [0, 0.05) is 46.7 Å². The Morgan fingerprint density at radius 2 is 1.90 bits per heavy atom. The summed E-state index contributed by atoms with van der Waals surface area (Å²) in [7, 11) is -4.00. The first-order valence-electron chi connectivity index (χ1n) is 12.5. The topological polar surface area (TPSA) is 134 Å². The molecule has 0 spiro atoms. The molecule has 1 aliphatic carbocycles. The van der Waals surface area contributed by atoms with Crippen LogP contribution < -0.4 is 10.0 Å². The first-order valence-corrected chi connectivity index (χ1v) is 14.0. The predicted molar refractivity (Wildman–Crippen MR) is 143 cm³/mol. The number of halogens is 1. The van der Waals surface area contributed by atoms with Gasteiger partial charge >= 0.3 is 5.97 Å². The molecule has 1 aliphatic heterocycles. The van der Waals surface area contributed by atoms with Gasteiger partial charge in [0.2, 0.25) is 0 Å². The van der Waals surface area contributed by atoms with E-state index in [4.69, 9.17) is 4.74 Å². The summed E-state index contributed by atoms with van der Waals surface area (Å²) in [5, 5.41) is 2.77. The van der Waals surface area contributed by atoms with E-state index in [2.05, 4.69) is 15.0 Å². The highest BCUT2D eigenvalue weighted by Gasteiger charge is 2.29. The van der Waals surface area contributed by atoms with Crippen molar-refractivity contribution in [1.82, 2.24) is 4.98 Å². The fourth-order valence-corrected chi connectivity index (χ4v) is 5.95. The summed E-state index contributed by atoms with van der Waals surface area (Å²) >= 11 is 0. The number of fused-ring (bicyclic) bond motifs is 2. The van der Waals surface area contributed by atoms with Crippen molar-refractivity contribution in [3.63, 3.8) is 0 Å². The van der Waals surface area contributed by atoms with Crippen molar-refractivity contribution in [3.05, 3.63) is 76.4 Å². The zero-order valence-corrected chi connectivity index (χ0v) is 21.9. The number of nitrogens with one attached hydrogen (secondary N) is 3. The monoisotopic (exact) mass is 551 g/mol. The van der Waals surface area contributed by atoms with Gasteiger partial charge in [-0.15, -0.1) is 0 Å². The minimum absolute atomic E-state index is 0.00947. The highest BCUT2D eigenvalue weighted by Crippen LogP contribution is 2.37. The number of benzene rings is 2. The van der Waals surface area contributed by atoms with Crippen LogP contribution in [0.4, 0.5) is 15.8 Å². The number of sulfonamides is 1. The van der Waals surface area contributed by atoms with Gasteiger partial charge in [-0.2, -0.15) is 0 Å². The minimum Gasteiger partial charge on any atom is -0.466 e. The van der Waals surface area contributed by atoms with Gasteiger partial charge in [-0.25, -0.2) is 12.8 Å². The summed E-state index contributed by atoms with van der Waals surface area (Å²) in [6.45, 7) is 1.98. The Labute approximate surface area is 224 Å². The number of ketones is 1. The van der Waals surface area contributed by atoms with Gasteiger partial charge in [-0.1, -0.05) is 0 Å². The molecule has 9 nitrogen and oxygen atoms in total. The van der Waals surface area contributed by atoms with Gasteiger partial charge in [-0.3, -0.25) is 19.1 Å². The molecule has 1 aromatic heterocycles. The molecule has 3 aromatic rings. The van der Waals surface area contributed by atoms with E-state index in [0.717, 1.165) is 30.0 Å². The maximum atomic E-state index is 13.3.